The van der Waals surface area contributed by atoms with Gasteiger partial charge < -0.3 is 9.64 Å². The number of rotatable bonds is 4. The number of anilines is 1. The highest BCUT2D eigenvalue weighted by Gasteiger charge is 2.18. The lowest BCUT2D eigenvalue weighted by molar-refractivity contribution is 0.0529. The second kappa shape index (κ2) is 6.91. The molecule has 4 nitrogen and oxygen atoms in total. The first kappa shape index (κ1) is 14.4. The summed E-state index contributed by atoms with van der Waals surface area (Å²) in [5.74, 6) is 1.86. The Morgan fingerprint density at radius 2 is 2.14 bits per heavy atom. The molecule has 3 rings (SSSR count). The van der Waals surface area contributed by atoms with E-state index in [4.69, 9.17) is 9.72 Å². The molecule has 5 heteroatoms. The summed E-state index contributed by atoms with van der Waals surface area (Å²) in [6, 6.07) is 10.4. The molecule has 1 aromatic heterocycles. The standard InChI is InChI=1S/C16H19N3OS/c1-13-11-19(7-8-20-13)15-9-17-10-16(18-15)21-12-14-5-3-2-4-6-14/h2-6,9-10,13H,7-8,11-12H2,1H3. The van der Waals surface area contributed by atoms with Crippen molar-refractivity contribution in [1.29, 1.82) is 0 Å². The molecule has 1 unspecified atom stereocenters. The molecule has 0 saturated carbocycles. The van der Waals surface area contributed by atoms with E-state index in [9.17, 15) is 0 Å². The molecule has 0 N–H and O–H groups in total. The second-order valence-corrected chi connectivity index (χ2v) is 6.11. The quantitative estimate of drug-likeness (QED) is 0.812. The van der Waals surface area contributed by atoms with E-state index >= 15 is 0 Å². The van der Waals surface area contributed by atoms with Crippen LogP contribution in [-0.4, -0.2) is 35.8 Å². The van der Waals surface area contributed by atoms with Crippen molar-refractivity contribution in [1.82, 2.24) is 9.97 Å². The Morgan fingerprint density at radius 3 is 2.95 bits per heavy atom. The van der Waals surface area contributed by atoms with Crippen LogP contribution in [0.3, 0.4) is 0 Å². The molecule has 1 saturated heterocycles. The van der Waals surface area contributed by atoms with E-state index < -0.39 is 0 Å². The third-order valence-electron chi connectivity index (χ3n) is 3.39. The largest absolute Gasteiger partial charge is 0.375 e. The van der Waals surface area contributed by atoms with Crippen LogP contribution in [0.4, 0.5) is 5.82 Å². The van der Waals surface area contributed by atoms with Gasteiger partial charge in [-0.2, -0.15) is 0 Å². The van der Waals surface area contributed by atoms with Crippen molar-refractivity contribution in [2.45, 2.75) is 23.8 Å². The third-order valence-corrected chi connectivity index (χ3v) is 4.36. The van der Waals surface area contributed by atoms with Crippen LogP contribution in [0.5, 0.6) is 0 Å². The maximum absolute atomic E-state index is 5.57. The number of benzene rings is 1. The maximum Gasteiger partial charge on any atom is 0.148 e. The second-order valence-electron chi connectivity index (χ2n) is 5.12. The summed E-state index contributed by atoms with van der Waals surface area (Å²) >= 11 is 1.72. The number of aromatic nitrogens is 2. The van der Waals surface area contributed by atoms with Gasteiger partial charge in [-0.1, -0.05) is 30.3 Å². The van der Waals surface area contributed by atoms with E-state index in [1.54, 1.807) is 11.8 Å². The van der Waals surface area contributed by atoms with Crippen LogP contribution in [-0.2, 0) is 10.5 Å². The number of hydrogen-bond donors (Lipinski definition) is 0. The first-order chi connectivity index (χ1) is 10.3. The lowest BCUT2D eigenvalue weighted by Crippen LogP contribution is -2.41. The fourth-order valence-corrected chi connectivity index (χ4v) is 3.12. The zero-order valence-corrected chi connectivity index (χ0v) is 12.9. The lowest BCUT2D eigenvalue weighted by atomic mass is 10.2. The Hall–Kier alpha value is -1.59. The van der Waals surface area contributed by atoms with Gasteiger partial charge in [-0.15, -0.1) is 11.8 Å². The third kappa shape index (κ3) is 3.95. The predicted octanol–water partition coefficient (Wildman–Crippen LogP) is 2.99. The van der Waals surface area contributed by atoms with Crippen LogP contribution >= 0.6 is 11.8 Å². The van der Waals surface area contributed by atoms with Crippen molar-refractivity contribution in [3.63, 3.8) is 0 Å². The van der Waals surface area contributed by atoms with Gasteiger partial charge in [-0.05, 0) is 12.5 Å². The molecule has 2 aromatic rings. The molecule has 0 radical (unpaired) electrons. The molecular weight excluding hydrogens is 282 g/mol. The fraction of sp³-hybridized carbons (Fsp3) is 0.375. The van der Waals surface area contributed by atoms with Gasteiger partial charge in [-0.3, -0.25) is 4.98 Å². The van der Waals surface area contributed by atoms with Gasteiger partial charge in [0.05, 0.1) is 25.1 Å². The zero-order chi connectivity index (χ0) is 14.5. The molecular formula is C16H19N3OS. The van der Waals surface area contributed by atoms with Crippen molar-refractivity contribution in [3.8, 4) is 0 Å². The normalized spacial score (nSPS) is 18.7. The van der Waals surface area contributed by atoms with Crippen LogP contribution in [0.25, 0.3) is 0 Å². The van der Waals surface area contributed by atoms with Gasteiger partial charge in [0, 0.05) is 18.8 Å². The summed E-state index contributed by atoms with van der Waals surface area (Å²) in [6.07, 6.45) is 3.92. The van der Waals surface area contributed by atoms with Crippen molar-refractivity contribution in [3.05, 3.63) is 48.3 Å². The van der Waals surface area contributed by atoms with E-state index in [1.807, 2.05) is 18.5 Å². The van der Waals surface area contributed by atoms with Crippen LogP contribution in [0.2, 0.25) is 0 Å². The summed E-state index contributed by atoms with van der Waals surface area (Å²) in [5.41, 5.74) is 1.30. The highest BCUT2D eigenvalue weighted by Crippen LogP contribution is 2.23. The molecule has 1 fully saturated rings. The Morgan fingerprint density at radius 1 is 1.29 bits per heavy atom. The molecule has 1 aliphatic rings. The smallest absolute Gasteiger partial charge is 0.148 e. The molecule has 2 heterocycles. The Kier molecular flexibility index (Phi) is 4.72. The minimum atomic E-state index is 0.251. The molecule has 1 aromatic carbocycles. The van der Waals surface area contributed by atoms with E-state index in [1.165, 1.54) is 5.56 Å². The van der Waals surface area contributed by atoms with Crippen LogP contribution in [0.15, 0.2) is 47.8 Å². The summed E-state index contributed by atoms with van der Waals surface area (Å²) < 4.78 is 5.57. The van der Waals surface area contributed by atoms with E-state index in [0.717, 1.165) is 36.3 Å². The summed E-state index contributed by atoms with van der Waals surface area (Å²) in [4.78, 5) is 11.3. The molecule has 1 atom stereocenters. The molecule has 0 spiro atoms. The van der Waals surface area contributed by atoms with E-state index in [-0.39, 0.29) is 6.10 Å². The Bertz CT molecular complexity index is 579. The van der Waals surface area contributed by atoms with Gasteiger partial charge in [0.15, 0.2) is 0 Å². The predicted molar refractivity (Wildman–Crippen MR) is 85.7 cm³/mol. The fourth-order valence-electron chi connectivity index (χ4n) is 2.32. The summed E-state index contributed by atoms with van der Waals surface area (Å²) in [7, 11) is 0. The first-order valence-corrected chi connectivity index (χ1v) is 8.15. The topological polar surface area (TPSA) is 38.2 Å². The molecule has 110 valence electrons. The molecule has 0 amide bonds. The van der Waals surface area contributed by atoms with Crippen molar-refractivity contribution < 1.29 is 4.74 Å². The van der Waals surface area contributed by atoms with E-state index in [2.05, 4.69) is 41.1 Å². The van der Waals surface area contributed by atoms with Crippen molar-refractivity contribution >= 4 is 17.6 Å². The van der Waals surface area contributed by atoms with Crippen LogP contribution in [0.1, 0.15) is 12.5 Å². The molecule has 1 aliphatic heterocycles. The van der Waals surface area contributed by atoms with E-state index in [0.29, 0.717) is 0 Å². The zero-order valence-electron chi connectivity index (χ0n) is 12.1. The molecule has 0 aliphatic carbocycles. The average molecular weight is 301 g/mol. The number of thioether (sulfide) groups is 1. The number of nitrogens with zero attached hydrogens (tertiary/aromatic N) is 3. The SMILES string of the molecule is CC1CN(c2cncc(SCc3ccccc3)n2)CCO1. The van der Waals surface area contributed by atoms with Gasteiger partial charge >= 0.3 is 0 Å². The van der Waals surface area contributed by atoms with Gasteiger partial charge in [-0.25, -0.2) is 4.98 Å². The summed E-state index contributed by atoms with van der Waals surface area (Å²) in [6.45, 7) is 4.60. The maximum atomic E-state index is 5.57. The molecule has 0 bridgehead atoms. The molecule has 21 heavy (non-hydrogen) atoms. The van der Waals surface area contributed by atoms with Crippen molar-refractivity contribution in [2.75, 3.05) is 24.6 Å². The lowest BCUT2D eigenvalue weighted by Gasteiger charge is -2.31. The average Bonchev–Trinajstić information content (AvgIpc) is 2.54. The van der Waals surface area contributed by atoms with Crippen molar-refractivity contribution in [2.24, 2.45) is 0 Å². The summed E-state index contributed by atoms with van der Waals surface area (Å²) in [5, 5.41) is 0.968. The number of morpholine rings is 1. The van der Waals surface area contributed by atoms with Crippen LogP contribution < -0.4 is 4.90 Å². The highest BCUT2D eigenvalue weighted by molar-refractivity contribution is 7.98. The van der Waals surface area contributed by atoms with Gasteiger partial charge in [0.25, 0.3) is 0 Å². The minimum Gasteiger partial charge on any atom is -0.375 e. The van der Waals surface area contributed by atoms with Gasteiger partial charge in [0.2, 0.25) is 0 Å². The minimum absolute atomic E-state index is 0.251. The Labute approximate surface area is 129 Å². The highest BCUT2D eigenvalue weighted by atomic mass is 32.2. The van der Waals surface area contributed by atoms with Gasteiger partial charge in [0.1, 0.15) is 10.8 Å². The van der Waals surface area contributed by atoms with Crippen LogP contribution in [0, 0.1) is 0 Å². The first-order valence-electron chi connectivity index (χ1n) is 7.16. The Balaban J connectivity index is 1.65. The number of ether oxygens (including phenoxy) is 1. The monoisotopic (exact) mass is 301 g/mol. The number of hydrogen-bond acceptors (Lipinski definition) is 5.